The standard InChI is InChI=1S/C20H27F4N3O2/c1-4-5-9-27(2)13-14-12-25-26-19(14)15-7-8-16(29-11-6-10-28-3)17(18(15)21)20(22,23)24/h7-8,12H,4-6,9-11,13H2,1-3H3,(H,25,26). The maximum absolute atomic E-state index is 15.0. The number of hydrogen-bond donors (Lipinski definition) is 1. The number of alkyl halides is 3. The van der Waals surface area contributed by atoms with Gasteiger partial charge in [-0.3, -0.25) is 5.10 Å². The lowest BCUT2D eigenvalue weighted by molar-refractivity contribution is -0.141. The van der Waals surface area contributed by atoms with Crippen molar-refractivity contribution < 1.29 is 27.0 Å². The van der Waals surface area contributed by atoms with Gasteiger partial charge in [-0.2, -0.15) is 18.3 Å². The van der Waals surface area contributed by atoms with Crippen LogP contribution in [0.1, 0.15) is 37.3 Å². The fraction of sp³-hybridized carbons (Fsp3) is 0.550. The second kappa shape index (κ2) is 10.6. The number of H-pyrrole nitrogens is 1. The molecule has 0 bridgehead atoms. The first-order valence-corrected chi connectivity index (χ1v) is 9.52. The zero-order chi connectivity index (χ0) is 21.4. The Hall–Kier alpha value is -2.13. The first-order chi connectivity index (χ1) is 13.8. The van der Waals surface area contributed by atoms with E-state index >= 15 is 4.39 Å². The van der Waals surface area contributed by atoms with Gasteiger partial charge in [0.2, 0.25) is 0 Å². The fourth-order valence-electron chi connectivity index (χ4n) is 2.98. The summed E-state index contributed by atoms with van der Waals surface area (Å²) in [6, 6.07) is 2.44. The van der Waals surface area contributed by atoms with E-state index < -0.39 is 23.3 Å². The molecule has 2 aromatic rings. The number of halogens is 4. The van der Waals surface area contributed by atoms with E-state index in [-0.39, 0.29) is 17.9 Å². The summed E-state index contributed by atoms with van der Waals surface area (Å²) in [5.41, 5.74) is -0.725. The lowest BCUT2D eigenvalue weighted by Gasteiger charge is -2.18. The Labute approximate surface area is 168 Å². The molecule has 0 unspecified atom stereocenters. The molecule has 0 saturated heterocycles. The fourth-order valence-corrected chi connectivity index (χ4v) is 2.98. The van der Waals surface area contributed by atoms with E-state index in [0.29, 0.717) is 25.1 Å². The molecule has 0 aliphatic carbocycles. The van der Waals surface area contributed by atoms with E-state index in [1.165, 1.54) is 19.4 Å². The first kappa shape index (κ1) is 23.2. The molecule has 1 N–H and O–H groups in total. The molecule has 1 heterocycles. The number of benzene rings is 1. The lowest BCUT2D eigenvalue weighted by Crippen LogP contribution is -2.19. The smallest absolute Gasteiger partial charge is 0.422 e. The van der Waals surface area contributed by atoms with Crippen LogP contribution in [0.5, 0.6) is 5.75 Å². The van der Waals surface area contributed by atoms with Crippen molar-refractivity contribution in [3.63, 3.8) is 0 Å². The highest BCUT2D eigenvalue weighted by Crippen LogP contribution is 2.42. The topological polar surface area (TPSA) is 50.4 Å². The van der Waals surface area contributed by atoms with Crippen LogP contribution in [0.15, 0.2) is 18.3 Å². The van der Waals surface area contributed by atoms with E-state index in [9.17, 15) is 13.2 Å². The average molecular weight is 417 g/mol. The van der Waals surface area contributed by atoms with Crippen LogP contribution in [0.25, 0.3) is 11.3 Å². The highest BCUT2D eigenvalue weighted by Gasteiger charge is 2.39. The molecule has 29 heavy (non-hydrogen) atoms. The van der Waals surface area contributed by atoms with Crippen molar-refractivity contribution in [2.24, 2.45) is 0 Å². The molecule has 0 saturated carbocycles. The SMILES string of the molecule is CCCCN(C)Cc1cn[nH]c1-c1ccc(OCCCOC)c(C(F)(F)F)c1F. The van der Waals surface area contributed by atoms with Crippen LogP contribution in [0, 0.1) is 5.82 Å². The maximum Gasteiger partial charge on any atom is 0.422 e. The molecule has 0 radical (unpaired) electrons. The zero-order valence-electron chi connectivity index (χ0n) is 16.9. The van der Waals surface area contributed by atoms with Crippen LogP contribution in [-0.2, 0) is 17.5 Å². The monoisotopic (exact) mass is 417 g/mol. The second-order valence-electron chi connectivity index (χ2n) is 6.85. The van der Waals surface area contributed by atoms with Gasteiger partial charge in [-0.05, 0) is 32.1 Å². The highest BCUT2D eigenvalue weighted by atomic mass is 19.4. The lowest BCUT2D eigenvalue weighted by atomic mass is 10.0. The first-order valence-electron chi connectivity index (χ1n) is 9.52. The summed E-state index contributed by atoms with van der Waals surface area (Å²) in [5.74, 6) is -1.90. The minimum atomic E-state index is -4.89. The molecule has 9 heteroatoms. The van der Waals surface area contributed by atoms with E-state index in [1.807, 2.05) is 11.9 Å². The predicted octanol–water partition coefficient (Wildman–Crippen LogP) is 4.88. The van der Waals surface area contributed by atoms with E-state index in [4.69, 9.17) is 9.47 Å². The van der Waals surface area contributed by atoms with Crippen LogP contribution in [-0.4, -0.2) is 49.0 Å². The van der Waals surface area contributed by atoms with Gasteiger partial charge in [0.25, 0.3) is 0 Å². The largest absolute Gasteiger partial charge is 0.493 e. The molecule has 5 nitrogen and oxygen atoms in total. The van der Waals surface area contributed by atoms with Crippen molar-refractivity contribution in [1.29, 1.82) is 0 Å². The van der Waals surface area contributed by atoms with Crippen LogP contribution < -0.4 is 4.74 Å². The number of nitrogens with zero attached hydrogens (tertiary/aromatic N) is 2. The number of nitrogens with one attached hydrogen (secondary N) is 1. The summed E-state index contributed by atoms with van der Waals surface area (Å²) < 4.78 is 65.8. The normalized spacial score (nSPS) is 12.0. The maximum atomic E-state index is 15.0. The molecule has 0 aliphatic rings. The number of unbranched alkanes of at least 4 members (excludes halogenated alkanes) is 1. The molecule has 0 amide bonds. The van der Waals surface area contributed by atoms with Crippen LogP contribution in [0.2, 0.25) is 0 Å². The Morgan fingerprint density at radius 2 is 1.93 bits per heavy atom. The Kier molecular flexibility index (Phi) is 8.45. The third-order valence-corrected chi connectivity index (χ3v) is 4.46. The van der Waals surface area contributed by atoms with E-state index in [1.54, 1.807) is 0 Å². The van der Waals surface area contributed by atoms with Crippen molar-refractivity contribution in [3.05, 3.63) is 35.3 Å². The van der Waals surface area contributed by atoms with Crippen LogP contribution in [0.4, 0.5) is 17.6 Å². The average Bonchev–Trinajstić information content (AvgIpc) is 3.10. The summed E-state index contributed by atoms with van der Waals surface area (Å²) in [6.45, 7) is 3.68. The summed E-state index contributed by atoms with van der Waals surface area (Å²) >= 11 is 0. The molecular weight excluding hydrogens is 390 g/mol. The van der Waals surface area contributed by atoms with Gasteiger partial charge in [0.1, 0.15) is 17.1 Å². The number of rotatable bonds is 11. The quantitative estimate of drug-likeness (QED) is 0.418. The van der Waals surface area contributed by atoms with Crippen molar-refractivity contribution >= 4 is 0 Å². The van der Waals surface area contributed by atoms with Gasteiger partial charge >= 0.3 is 6.18 Å². The molecule has 162 valence electrons. The second-order valence-corrected chi connectivity index (χ2v) is 6.85. The number of hydrogen-bond acceptors (Lipinski definition) is 4. The molecular formula is C20H27F4N3O2. The minimum Gasteiger partial charge on any atom is -0.493 e. The molecule has 0 spiro atoms. The number of aromatic amines is 1. The zero-order valence-corrected chi connectivity index (χ0v) is 16.9. The Balaban J connectivity index is 2.34. The van der Waals surface area contributed by atoms with Crippen molar-refractivity contribution in [2.45, 2.75) is 38.9 Å². The summed E-state index contributed by atoms with van der Waals surface area (Å²) in [4.78, 5) is 2.02. The van der Waals surface area contributed by atoms with Gasteiger partial charge in [0, 0.05) is 37.8 Å². The summed E-state index contributed by atoms with van der Waals surface area (Å²) in [5, 5.41) is 6.55. The third kappa shape index (κ3) is 6.17. The Morgan fingerprint density at radius 3 is 2.59 bits per heavy atom. The minimum absolute atomic E-state index is 0.00671. The van der Waals surface area contributed by atoms with Gasteiger partial charge in [-0.1, -0.05) is 13.3 Å². The number of aromatic nitrogens is 2. The van der Waals surface area contributed by atoms with Gasteiger partial charge in [0.05, 0.1) is 18.5 Å². The van der Waals surface area contributed by atoms with Crippen LogP contribution in [0.3, 0.4) is 0 Å². The number of methoxy groups -OCH3 is 1. The van der Waals surface area contributed by atoms with Gasteiger partial charge < -0.3 is 14.4 Å². The predicted molar refractivity (Wildman–Crippen MR) is 102 cm³/mol. The molecule has 0 atom stereocenters. The van der Waals surface area contributed by atoms with Gasteiger partial charge in [-0.15, -0.1) is 0 Å². The van der Waals surface area contributed by atoms with Crippen molar-refractivity contribution in [3.8, 4) is 17.0 Å². The van der Waals surface area contributed by atoms with Gasteiger partial charge in [0.15, 0.2) is 0 Å². The molecule has 2 rings (SSSR count). The van der Waals surface area contributed by atoms with Gasteiger partial charge in [-0.25, -0.2) is 4.39 Å². The molecule has 1 aromatic carbocycles. The van der Waals surface area contributed by atoms with Crippen LogP contribution >= 0.6 is 0 Å². The third-order valence-electron chi connectivity index (χ3n) is 4.46. The van der Waals surface area contributed by atoms with E-state index in [0.717, 1.165) is 25.5 Å². The number of ether oxygens (including phenoxy) is 2. The highest BCUT2D eigenvalue weighted by molar-refractivity contribution is 5.66. The van der Waals surface area contributed by atoms with Crippen molar-refractivity contribution in [1.82, 2.24) is 15.1 Å². The van der Waals surface area contributed by atoms with Crippen molar-refractivity contribution in [2.75, 3.05) is 33.9 Å². The molecule has 1 aromatic heterocycles. The van der Waals surface area contributed by atoms with E-state index in [2.05, 4.69) is 17.1 Å². The molecule has 0 fully saturated rings. The summed E-state index contributed by atoms with van der Waals surface area (Å²) in [7, 11) is 3.39. The molecule has 0 aliphatic heterocycles. The Bertz CT molecular complexity index is 778. The Morgan fingerprint density at radius 1 is 1.17 bits per heavy atom. The summed E-state index contributed by atoms with van der Waals surface area (Å²) in [6.07, 6.45) is -0.968.